The molecule has 7 heteroatoms. The number of aromatic nitrogens is 2. The van der Waals surface area contributed by atoms with Crippen LogP contribution < -0.4 is 4.74 Å². The molecule has 0 amide bonds. The van der Waals surface area contributed by atoms with Gasteiger partial charge in [0, 0.05) is 23.5 Å². The second-order valence-corrected chi connectivity index (χ2v) is 3.70. The zero-order valence-corrected chi connectivity index (χ0v) is 9.78. The van der Waals surface area contributed by atoms with Crippen LogP contribution in [0.15, 0.2) is 30.5 Å². The highest BCUT2D eigenvalue weighted by molar-refractivity contribution is 5.99. The van der Waals surface area contributed by atoms with Crippen molar-refractivity contribution in [3.8, 4) is 17.1 Å². The quantitative estimate of drug-likeness (QED) is 0.872. The van der Waals surface area contributed by atoms with Crippen molar-refractivity contribution in [1.82, 2.24) is 9.97 Å². The first kappa shape index (κ1) is 13.1. The van der Waals surface area contributed by atoms with Crippen LogP contribution in [0.2, 0.25) is 0 Å². The number of alkyl halides is 3. The average Bonchev–Trinajstić information content (AvgIpc) is 2.86. The largest absolute Gasteiger partial charge is 0.481 e. The number of rotatable bonds is 3. The van der Waals surface area contributed by atoms with Gasteiger partial charge in [-0.1, -0.05) is 0 Å². The van der Waals surface area contributed by atoms with E-state index in [-0.39, 0.29) is 0 Å². The fraction of sp³-hybridized carbons (Fsp3) is 0.167. The van der Waals surface area contributed by atoms with Crippen LogP contribution in [0.5, 0.6) is 5.88 Å². The summed E-state index contributed by atoms with van der Waals surface area (Å²) in [5.41, 5.74) is 0.458. The van der Waals surface area contributed by atoms with Crippen molar-refractivity contribution in [2.75, 3.05) is 7.11 Å². The molecule has 0 aliphatic heterocycles. The average molecular weight is 270 g/mol. The molecule has 0 radical (unpaired) electrons. The van der Waals surface area contributed by atoms with Crippen molar-refractivity contribution in [2.24, 2.45) is 0 Å². The molecule has 0 saturated carbocycles. The van der Waals surface area contributed by atoms with E-state index in [4.69, 9.17) is 4.74 Å². The lowest BCUT2D eigenvalue weighted by Crippen LogP contribution is -2.22. The predicted octanol–water partition coefficient (Wildman–Crippen LogP) is 2.83. The molecule has 100 valence electrons. The van der Waals surface area contributed by atoms with E-state index in [9.17, 15) is 18.0 Å². The summed E-state index contributed by atoms with van der Waals surface area (Å²) in [6, 6.07) is 5.63. The van der Waals surface area contributed by atoms with E-state index in [2.05, 4.69) is 9.97 Å². The van der Waals surface area contributed by atoms with Gasteiger partial charge in [0.1, 0.15) is 0 Å². The first-order valence-electron chi connectivity index (χ1n) is 5.23. The molecule has 4 nitrogen and oxygen atoms in total. The molecule has 2 aromatic heterocycles. The van der Waals surface area contributed by atoms with Gasteiger partial charge in [0.2, 0.25) is 5.88 Å². The summed E-state index contributed by atoms with van der Waals surface area (Å²) in [6.45, 7) is 0. The van der Waals surface area contributed by atoms with E-state index in [0.29, 0.717) is 17.1 Å². The van der Waals surface area contributed by atoms with Gasteiger partial charge in [-0.15, -0.1) is 0 Å². The third kappa shape index (κ3) is 2.75. The van der Waals surface area contributed by atoms with Crippen LogP contribution in [0.1, 0.15) is 10.5 Å². The van der Waals surface area contributed by atoms with Crippen LogP contribution in [0.4, 0.5) is 13.2 Å². The zero-order valence-electron chi connectivity index (χ0n) is 9.78. The van der Waals surface area contributed by atoms with Crippen LogP contribution >= 0.6 is 0 Å². The van der Waals surface area contributed by atoms with Gasteiger partial charge in [-0.3, -0.25) is 4.79 Å². The van der Waals surface area contributed by atoms with Gasteiger partial charge < -0.3 is 9.72 Å². The third-order valence-electron chi connectivity index (χ3n) is 2.44. The molecule has 0 aromatic carbocycles. The highest BCUT2D eigenvalue weighted by Crippen LogP contribution is 2.25. The number of hydrogen-bond donors (Lipinski definition) is 1. The summed E-state index contributed by atoms with van der Waals surface area (Å²) in [5.74, 6) is -1.57. The Kier molecular flexibility index (Phi) is 3.28. The van der Waals surface area contributed by atoms with Crippen LogP contribution in [-0.4, -0.2) is 29.0 Å². The Morgan fingerprint density at radius 2 is 2.05 bits per heavy atom. The number of carbonyl (C=O) groups is 1. The molecule has 1 N–H and O–H groups in total. The molecule has 19 heavy (non-hydrogen) atoms. The van der Waals surface area contributed by atoms with Crippen LogP contribution in [0, 0.1) is 0 Å². The lowest BCUT2D eigenvalue weighted by Gasteiger charge is -2.03. The number of hydrogen-bond acceptors (Lipinski definition) is 3. The molecule has 0 spiro atoms. The maximum absolute atomic E-state index is 12.3. The molecule has 0 aliphatic carbocycles. The zero-order chi connectivity index (χ0) is 14.0. The van der Waals surface area contributed by atoms with Gasteiger partial charge in [-0.2, -0.15) is 13.2 Å². The van der Waals surface area contributed by atoms with Gasteiger partial charge >= 0.3 is 6.18 Å². The number of pyridine rings is 1. The Morgan fingerprint density at radius 3 is 2.68 bits per heavy atom. The minimum Gasteiger partial charge on any atom is -0.481 e. The van der Waals surface area contributed by atoms with Crippen molar-refractivity contribution in [3.05, 3.63) is 36.2 Å². The van der Waals surface area contributed by atoms with Crippen molar-refractivity contribution in [3.63, 3.8) is 0 Å². The summed E-state index contributed by atoms with van der Waals surface area (Å²) < 4.78 is 41.7. The van der Waals surface area contributed by atoms with E-state index in [1.54, 1.807) is 12.1 Å². The number of halogens is 3. The fourth-order valence-corrected chi connectivity index (χ4v) is 1.54. The van der Waals surface area contributed by atoms with Gasteiger partial charge in [0.05, 0.1) is 12.8 Å². The molecule has 0 atom stereocenters. The Bertz CT molecular complexity index is 605. The summed E-state index contributed by atoms with van der Waals surface area (Å²) in [4.78, 5) is 17.4. The standard InChI is InChI=1S/C12H9F3N2O2/c1-19-10-6-7(4-5-16-10)8-2-3-9(17-8)11(18)12(13,14)15/h2-6,17H,1H3. The van der Waals surface area contributed by atoms with Crippen molar-refractivity contribution < 1.29 is 22.7 Å². The lowest BCUT2D eigenvalue weighted by molar-refractivity contribution is -0.0887. The van der Waals surface area contributed by atoms with Crippen molar-refractivity contribution in [1.29, 1.82) is 0 Å². The Balaban J connectivity index is 2.33. The first-order valence-corrected chi connectivity index (χ1v) is 5.23. The number of Topliss-reactive ketones (excluding diaryl/α,β-unsaturated/α-hetero) is 1. The highest BCUT2D eigenvalue weighted by atomic mass is 19.4. The minimum atomic E-state index is -4.89. The van der Waals surface area contributed by atoms with Crippen LogP contribution in [-0.2, 0) is 0 Å². The van der Waals surface area contributed by atoms with E-state index in [1.807, 2.05) is 0 Å². The van der Waals surface area contributed by atoms with Gasteiger partial charge in [-0.25, -0.2) is 4.98 Å². The van der Waals surface area contributed by atoms with Gasteiger partial charge in [-0.05, 0) is 18.2 Å². The molecule has 0 fully saturated rings. The van der Waals surface area contributed by atoms with Gasteiger partial charge in [0.15, 0.2) is 0 Å². The molecule has 2 heterocycles. The second-order valence-electron chi connectivity index (χ2n) is 3.70. The SMILES string of the molecule is COc1cc(-c2ccc(C(=O)C(F)(F)F)[nH]2)ccn1. The first-order chi connectivity index (χ1) is 8.91. The number of H-pyrrole nitrogens is 1. The molecular weight excluding hydrogens is 261 g/mol. The number of nitrogens with one attached hydrogen (secondary N) is 1. The number of methoxy groups -OCH3 is 1. The maximum atomic E-state index is 12.3. The fourth-order valence-electron chi connectivity index (χ4n) is 1.54. The van der Waals surface area contributed by atoms with Crippen LogP contribution in [0.25, 0.3) is 11.3 Å². The third-order valence-corrected chi connectivity index (χ3v) is 2.44. The molecule has 0 bridgehead atoms. The summed E-state index contributed by atoms with van der Waals surface area (Å²) in [7, 11) is 1.43. The Morgan fingerprint density at radius 1 is 1.32 bits per heavy atom. The van der Waals surface area contributed by atoms with Crippen molar-refractivity contribution in [2.45, 2.75) is 6.18 Å². The van der Waals surface area contributed by atoms with E-state index in [1.165, 1.54) is 19.4 Å². The number of carbonyl (C=O) groups excluding carboxylic acids is 1. The molecular formula is C12H9F3N2O2. The Labute approximate surface area is 106 Å². The van der Waals surface area contributed by atoms with E-state index < -0.39 is 17.7 Å². The molecule has 0 saturated heterocycles. The Hall–Kier alpha value is -2.31. The number of nitrogens with zero attached hydrogens (tertiary/aromatic N) is 1. The molecule has 0 unspecified atom stereocenters. The highest BCUT2D eigenvalue weighted by Gasteiger charge is 2.40. The maximum Gasteiger partial charge on any atom is 0.456 e. The normalized spacial score (nSPS) is 11.4. The monoisotopic (exact) mass is 270 g/mol. The summed E-state index contributed by atoms with van der Waals surface area (Å²) in [6.07, 6.45) is -3.43. The number of ether oxygens (including phenoxy) is 1. The minimum absolute atomic E-state index is 0.329. The number of aromatic amines is 1. The summed E-state index contributed by atoms with van der Waals surface area (Å²) in [5, 5.41) is 0. The molecule has 2 rings (SSSR count). The topological polar surface area (TPSA) is 55.0 Å². The molecule has 2 aromatic rings. The molecule has 0 aliphatic rings. The smallest absolute Gasteiger partial charge is 0.456 e. The second kappa shape index (κ2) is 4.75. The predicted molar refractivity (Wildman–Crippen MR) is 61.0 cm³/mol. The van der Waals surface area contributed by atoms with Crippen LogP contribution in [0.3, 0.4) is 0 Å². The summed E-state index contributed by atoms with van der Waals surface area (Å²) >= 11 is 0. The van der Waals surface area contributed by atoms with E-state index in [0.717, 1.165) is 6.07 Å². The van der Waals surface area contributed by atoms with Gasteiger partial charge in [0.25, 0.3) is 5.78 Å². The number of ketones is 1. The lowest BCUT2D eigenvalue weighted by atomic mass is 10.2. The van der Waals surface area contributed by atoms with E-state index >= 15 is 0 Å². The van der Waals surface area contributed by atoms with Crippen molar-refractivity contribution >= 4 is 5.78 Å².